The third-order valence-electron chi connectivity index (χ3n) is 4.53. The highest BCUT2D eigenvalue weighted by Gasteiger charge is 2.34. The largest absolute Gasteiger partial charge is 0.497 e. The van der Waals surface area contributed by atoms with Gasteiger partial charge in [0, 0.05) is 12.6 Å². The number of rotatable bonds is 4. The van der Waals surface area contributed by atoms with Gasteiger partial charge in [0.05, 0.1) is 13.5 Å². The molecule has 0 spiro atoms. The number of fused-ring (bicyclic) bond motifs is 3. The van der Waals surface area contributed by atoms with Gasteiger partial charge in [0.25, 0.3) is 0 Å². The van der Waals surface area contributed by atoms with Gasteiger partial charge in [0.1, 0.15) is 5.75 Å². The molecule has 1 atom stereocenters. The topological polar surface area (TPSA) is 41.6 Å². The molecule has 20 heavy (non-hydrogen) atoms. The third kappa shape index (κ3) is 2.96. The molecule has 4 heteroatoms. The van der Waals surface area contributed by atoms with Gasteiger partial charge in [-0.3, -0.25) is 4.79 Å². The second kappa shape index (κ2) is 5.83. The molecule has 1 aromatic rings. The Morgan fingerprint density at radius 2 is 2.00 bits per heavy atom. The van der Waals surface area contributed by atoms with Crippen molar-refractivity contribution in [3.8, 4) is 5.75 Å². The minimum absolute atomic E-state index is 0.133. The number of hydrogen-bond donors (Lipinski definition) is 1. The molecule has 3 aliphatic rings. The highest BCUT2D eigenvalue weighted by Crippen LogP contribution is 2.27. The number of hydrogen-bond acceptors (Lipinski definition) is 3. The Bertz CT molecular complexity index is 464. The molecule has 0 saturated carbocycles. The summed E-state index contributed by atoms with van der Waals surface area (Å²) in [6.45, 7) is 3.43. The Labute approximate surface area is 120 Å². The van der Waals surface area contributed by atoms with Gasteiger partial charge < -0.3 is 15.0 Å². The third-order valence-corrected chi connectivity index (χ3v) is 4.53. The van der Waals surface area contributed by atoms with Gasteiger partial charge >= 0.3 is 0 Å². The lowest BCUT2D eigenvalue weighted by Crippen LogP contribution is -2.57. The lowest BCUT2D eigenvalue weighted by molar-refractivity contribution is -0.122. The Kier molecular flexibility index (Phi) is 3.92. The second-order valence-corrected chi connectivity index (χ2v) is 5.84. The number of amides is 1. The summed E-state index contributed by atoms with van der Waals surface area (Å²) in [5.74, 6) is 1.64. The first kappa shape index (κ1) is 13.4. The van der Waals surface area contributed by atoms with Crippen molar-refractivity contribution in [1.29, 1.82) is 0 Å². The number of methoxy groups -OCH3 is 1. The van der Waals surface area contributed by atoms with Crippen LogP contribution in [-0.2, 0) is 11.2 Å². The zero-order valence-electron chi connectivity index (χ0n) is 12.0. The van der Waals surface area contributed by atoms with Crippen molar-refractivity contribution in [2.24, 2.45) is 5.92 Å². The van der Waals surface area contributed by atoms with E-state index < -0.39 is 0 Å². The zero-order chi connectivity index (χ0) is 13.9. The van der Waals surface area contributed by atoms with E-state index in [9.17, 15) is 4.79 Å². The van der Waals surface area contributed by atoms with Crippen LogP contribution in [0, 0.1) is 5.92 Å². The first-order valence-corrected chi connectivity index (χ1v) is 7.39. The summed E-state index contributed by atoms with van der Waals surface area (Å²) in [5.41, 5.74) is 1.03. The summed E-state index contributed by atoms with van der Waals surface area (Å²) >= 11 is 0. The van der Waals surface area contributed by atoms with Crippen molar-refractivity contribution in [1.82, 2.24) is 10.2 Å². The molecule has 1 aromatic carbocycles. The summed E-state index contributed by atoms with van der Waals surface area (Å²) in [6.07, 6.45) is 2.91. The SMILES string of the molecule is COc1ccc(CC(=O)NC2CN3CCC2CC3)cc1. The second-order valence-electron chi connectivity index (χ2n) is 5.84. The van der Waals surface area contributed by atoms with E-state index in [4.69, 9.17) is 4.74 Å². The molecule has 1 unspecified atom stereocenters. The highest BCUT2D eigenvalue weighted by molar-refractivity contribution is 5.79. The van der Waals surface area contributed by atoms with E-state index in [1.807, 2.05) is 24.3 Å². The molecule has 3 fully saturated rings. The fourth-order valence-corrected chi connectivity index (χ4v) is 3.32. The maximum absolute atomic E-state index is 12.2. The van der Waals surface area contributed by atoms with E-state index in [0.29, 0.717) is 18.4 Å². The first-order chi connectivity index (χ1) is 9.74. The van der Waals surface area contributed by atoms with Gasteiger partial charge in [-0.2, -0.15) is 0 Å². The number of benzene rings is 1. The van der Waals surface area contributed by atoms with Gasteiger partial charge in [-0.05, 0) is 49.5 Å². The van der Waals surface area contributed by atoms with Crippen LogP contribution >= 0.6 is 0 Å². The first-order valence-electron chi connectivity index (χ1n) is 7.39. The Morgan fingerprint density at radius 3 is 2.55 bits per heavy atom. The molecule has 3 heterocycles. The van der Waals surface area contributed by atoms with Gasteiger partial charge in [-0.1, -0.05) is 12.1 Å². The lowest BCUT2D eigenvalue weighted by atomic mass is 9.84. The van der Waals surface area contributed by atoms with Crippen molar-refractivity contribution in [2.45, 2.75) is 25.3 Å². The Morgan fingerprint density at radius 1 is 1.30 bits per heavy atom. The van der Waals surface area contributed by atoms with E-state index in [-0.39, 0.29) is 5.91 Å². The van der Waals surface area contributed by atoms with E-state index in [1.54, 1.807) is 7.11 Å². The molecule has 4 rings (SSSR count). The fraction of sp³-hybridized carbons (Fsp3) is 0.562. The van der Waals surface area contributed by atoms with Crippen LogP contribution in [0.25, 0.3) is 0 Å². The van der Waals surface area contributed by atoms with Gasteiger partial charge in [-0.15, -0.1) is 0 Å². The molecular formula is C16H22N2O2. The molecule has 2 bridgehead atoms. The van der Waals surface area contributed by atoms with Crippen molar-refractivity contribution in [3.63, 3.8) is 0 Å². The minimum atomic E-state index is 0.133. The maximum atomic E-state index is 12.2. The Hall–Kier alpha value is -1.55. The molecule has 0 radical (unpaired) electrons. The average molecular weight is 274 g/mol. The number of piperidine rings is 3. The van der Waals surface area contributed by atoms with Gasteiger partial charge in [0.2, 0.25) is 5.91 Å². The van der Waals surface area contributed by atoms with E-state index >= 15 is 0 Å². The quantitative estimate of drug-likeness (QED) is 0.903. The number of nitrogens with one attached hydrogen (secondary N) is 1. The zero-order valence-corrected chi connectivity index (χ0v) is 12.0. The van der Waals surface area contributed by atoms with Crippen LogP contribution in [0.3, 0.4) is 0 Å². The summed E-state index contributed by atoms with van der Waals surface area (Å²) < 4.78 is 5.12. The van der Waals surface area contributed by atoms with Crippen molar-refractivity contribution in [3.05, 3.63) is 29.8 Å². The minimum Gasteiger partial charge on any atom is -0.497 e. The average Bonchev–Trinajstić information content (AvgIpc) is 2.49. The summed E-state index contributed by atoms with van der Waals surface area (Å²) in [5, 5.41) is 3.22. The van der Waals surface area contributed by atoms with E-state index in [2.05, 4.69) is 10.2 Å². The smallest absolute Gasteiger partial charge is 0.224 e. The molecule has 1 amide bonds. The number of carbonyl (C=O) groups is 1. The van der Waals surface area contributed by atoms with E-state index in [1.165, 1.54) is 25.9 Å². The maximum Gasteiger partial charge on any atom is 0.224 e. The molecular weight excluding hydrogens is 252 g/mol. The summed E-state index contributed by atoms with van der Waals surface area (Å²) in [6, 6.07) is 8.06. The van der Waals surface area contributed by atoms with Crippen LogP contribution in [0.15, 0.2) is 24.3 Å². The fourth-order valence-electron chi connectivity index (χ4n) is 3.32. The Balaban J connectivity index is 1.54. The highest BCUT2D eigenvalue weighted by atomic mass is 16.5. The van der Waals surface area contributed by atoms with Crippen LogP contribution in [0.5, 0.6) is 5.75 Å². The van der Waals surface area contributed by atoms with Crippen LogP contribution < -0.4 is 10.1 Å². The monoisotopic (exact) mass is 274 g/mol. The lowest BCUT2D eigenvalue weighted by Gasteiger charge is -2.44. The molecule has 0 aliphatic carbocycles. The van der Waals surface area contributed by atoms with Crippen molar-refractivity contribution < 1.29 is 9.53 Å². The van der Waals surface area contributed by atoms with Crippen LogP contribution in [0.4, 0.5) is 0 Å². The van der Waals surface area contributed by atoms with Gasteiger partial charge in [0.15, 0.2) is 0 Å². The molecule has 4 nitrogen and oxygen atoms in total. The number of carbonyl (C=O) groups excluding carboxylic acids is 1. The summed E-state index contributed by atoms with van der Waals surface area (Å²) in [7, 11) is 1.65. The summed E-state index contributed by atoms with van der Waals surface area (Å²) in [4.78, 5) is 14.6. The number of nitrogens with zero attached hydrogens (tertiary/aromatic N) is 1. The normalized spacial score (nSPS) is 28.1. The van der Waals surface area contributed by atoms with Crippen molar-refractivity contribution >= 4 is 5.91 Å². The van der Waals surface area contributed by atoms with Crippen LogP contribution in [0.2, 0.25) is 0 Å². The van der Waals surface area contributed by atoms with Gasteiger partial charge in [-0.25, -0.2) is 0 Å². The predicted octanol–water partition coefficient (Wildman–Crippen LogP) is 1.45. The molecule has 1 N–H and O–H groups in total. The van der Waals surface area contributed by atoms with Crippen LogP contribution in [-0.4, -0.2) is 43.6 Å². The number of ether oxygens (including phenoxy) is 1. The molecule has 0 aromatic heterocycles. The van der Waals surface area contributed by atoms with Crippen molar-refractivity contribution in [2.75, 3.05) is 26.7 Å². The van der Waals surface area contributed by atoms with E-state index in [0.717, 1.165) is 17.9 Å². The van der Waals surface area contributed by atoms with Crippen LogP contribution in [0.1, 0.15) is 18.4 Å². The standard InChI is InChI=1S/C16H22N2O2/c1-20-14-4-2-12(3-5-14)10-16(19)17-15-11-18-8-6-13(15)7-9-18/h2-5,13,15H,6-11H2,1H3,(H,17,19). The molecule has 108 valence electrons. The molecule has 3 aliphatic heterocycles. The molecule has 3 saturated heterocycles. The predicted molar refractivity (Wildman–Crippen MR) is 77.8 cm³/mol.